The Hall–Kier alpha value is -0.880. The molecule has 3 heterocycles. The van der Waals surface area contributed by atoms with Crippen molar-refractivity contribution in [3.05, 3.63) is 46.1 Å². The summed E-state index contributed by atoms with van der Waals surface area (Å²) >= 11 is 1.95. The molecular weight excluding hydrogens is 439 g/mol. The molecule has 1 aliphatic carbocycles. The van der Waals surface area contributed by atoms with Gasteiger partial charge in [-0.15, -0.1) is 0 Å². The average molecular weight is 464 g/mol. The number of fused-ring (bicyclic) bond motifs is 3. The first-order valence-electron chi connectivity index (χ1n) is 9.46. The highest BCUT2D eigenvalue weighted by molar-refractivity contribution is 7.18. The SMILES string of the molecule is CC[n+]1c(C=C2CC3CCCN3C3=C2CCC3)sc2ccccc21.[I-]. The summed E-state index contributed by atoms with van der Waals surface area (Å²) in [6.07, 6.45) is 10.5. The molecule has 2 aliphatic heterocycles. The molecule has 1 saturated heterocycles. The van der Waals surface area contributed by atoms with Crippen molar-refractivity contribution in [2.45, 2.75) is 58.0 Å². The number of aryl methyl sites for hydroxylation is 1. The average Bonchev–Trinajstić information content (AvgIpc) is 3.31. The molecule has 1 fully saturated rings. The number of para-hydroxylation sites is 1. The fourth-order valence-corrected chi connectivity index (χ4v) is 6.15. The monoisotopic (exact) mass is 464 g/mol. The topological polar surface area (TPSA) is 7.12 Å². The zero-order chi connectivity index (χ0) is 16.1. The van der Waals surface area contributed by atoms with Gasteiger partial charge in [-0.25, -0.2) is 0 Å². The van der Waals surface area contributed by atoms with Crippen LogP contribution in [0.3, 0.4) is 0 Å². The summed E-state index contributed by atoms with van der Waals surface area (Å²) in [7, 11) is 0. The number of nitrogens with zero attached hydrogens (tertiary/aromatic N) is 2. The van der Waals surface area contributed by atoms with Crippen LogP contribution in [0.2, 0.25) is 0 Å². The van der Waals surface area contributed by atoms with Crippen molar-refractivity contribution in [2.24, 2.45) is 0 Å². The summed E-state index contributed by atoms with van der Waals surface area (Å²) in [4.78, 5) is 2.75. The summed E-state index contributed by atoms with van der Waals surface area (Å²) in [6, 6.07) is 9.61. The van der Waals surface area contributed by atoms with Crippen molar-refractivity contribution < 1.29 is 28.5 Å². The summed E-state index contributed by atoms with van der Waals surface area (Å²) < 4.78 is 3.90. The molecule has 3 aliphatic rings. The van der Waals surface area contributed by atoms with Crippen LogP contribution in [-0.2, 0) is 6.54 Å². The predicted molar refractivity (Wildman–Crippen MR) is 101 cm³/mol. The molecular formula is C21H25IN2S. The number of hydrogen-bond acceptors (Lipinski definition) is 2. The van der Waals surface area contributed by atoms with Gasteiger partial charge in [0.25, 0.3) is 5.01 Å². The molecule has 0 bridgehead atoms. The van der Waals surface area contributed by atoms with E-state index < -0.39 is 0 Å². The van der Waals surface area contributed by atoms with Gasteiger partial charge in [0.05, 0.1) is 0 Å². The number of rotatable bonds is 2. The van der Waals surface area contributed by atoms with E-state index in [1.807, 2.05) is 11.3 Å². The predicted octanol–water partition coefficient (Wildman–Crippen LogP) is 1.90. The lowest BCUT2D eigenvalue weighted by molar-refractivity contribution is -0.665. The smallest absolute Gasteiger partial charge is 0.263 e. The largest absolute Gasteiger partial charge is 1.00 e. The van der Waals surface area contributed by atoms with Gasteiger partial charge in [0.2, 0.25) is 5.52 Å². The van der Waals surface area contributed by atoms with Crippen molar-refractivity contribution in [2.75, 3.05) is 6.54 Å². The van der Waals surface area contributed by atoms with E-state index in [-0.39, 0.29) is 24.0 Å². The Kier molecular flexibility index (Phi) is 4.93. The highest BCUT2D eigenvalue weighted by Crippen LogP contribution is 2.45. The van der Waals surface area contributed by atoms with Crippen molar-refractivity contribution in [1.82, 2.24) is 4.90 Å². The summed E-state index contributed by atoms with van der Waals surface area (Å²) in [6.45, 7) is 4.61. The van der Waals surface area contributed by atoms with Crippen LogP contribution in [0.4, 0.5) is 0 Å². The summed E-state index contributed by atoms with van der Waals surface area (Å²) in [5.41, 5.74) is 6.41. The van der Waals surface area contributed by atoms with E-state index >= 15 is 0 Å². The van der Waals surface area contributed by atoms with Crippen LogP contribution in [-0.4, -0.2) is 17.5 Å². The second-order valence-electron chi connectivity index (χ2n) is 7.29. The first kappa shape index (κ1) is 17.5. The summed E-state index contributed by atoms with van der Waals surface area (Å²) in [5.74, 6) is 0. The van der Waals surface area contributed by atoms with Crippen LogP contribution in [0.1, 0.15) is 50.5 Å². The van der Waals surface area contributed by atoms with Crippen molar-refractivity contribution in [1.29, 1.82) is 0 Å². The van der Waals surface area contributed by atoms with Gasteiger partial charge >= 0.3 is 0 Å². The number of allylic oxidation sites excluding steroid dienone is 2. The molecule has 5 rings (SSSR count). The van der Waals surface area contributed by atoms with Gasteiger partial charge in [-0.2, -0.15) is 4.57 Å². The molecule has 25 heavy (non-hydrogen) atoms. The fourth-order valence-electron chi connectivity index (χ4n) is 4.95. The number of hydrogen-bond donors (Lipinski definition) is 0. The maximum absolute atomic E-state index is 2.75. The lowest BCUT2D eigenvalue weighted by Gasteiger charge is -2.35. The van der Waals surface area contributed by atoms with Gasteiger partial charge in [-0.3, -0.25) is 0 Å². The molecule has 0 N–H and O–H groups in total. The Morgan fingerprint density at radius 3 is 3.00 bits per heavy atom. The van der Waals surface area contributed by atoms with Crippen LogP contribution in [0.5, 0.6) is 0 Å². The lowest BCUT2D eigenvalue weighted by atomic mass is 9.92. The van der Waals surface area contributed by atoms with Crippen LogP contribution in [0.25, 0.3) is 16.3 Å². The van der Waals surface area contributed by atoms with Crippen LogP contribution in [0, 0.1) is 0 Å². The fraction of sp³-hybridized carbons (Fsp3) is 0.476. The van der Waals surface area contributed by atoms with E-state index in [0.29, 0.717) is 0 Å². The standard InChI is InChI=1S/C21H25N2S.HI/c1-2-22-19-9-3-4-11-20(19)24-21(22)14-15-13-16-7-6-12-23(16)18-10-5-8-17(15)18;/h3-4,9,11,14,16H,2,5-8,10,12-13H2,1H3;1H/q+1;/p-1. The molecule has 0 saturated carbocycles. The quantitative estimate of drug-likeness (QED) is 0.487. The third-order valence-electron chi connectivity index (χ3n) is 6.01. The van der Waals surface area contributed by atoms with Gasteiger partial charge < -0.3 is 28.9 Å². The highest BCUT2D eigenvalue weighted by Gasteiger charge is 2.36. The number of benzene rings is 1. The van der Waals surface area contributed by atoms with Crippen LogP contribution < -0.4 is 28.5 Å². The lowest BCUT2D eigenvalue weighted by Crippen LogP contribution is -3.00. The van der Waals surface area contributed by atoms with E-state index in [1.165, 1.54) is 60.3 Å². The van der Waals surface area contributed by atoms with Crippen molar-refractivity contribution in [3.63, 3.8) is 0 Å². The Labute approximate surface area is 171 Å². The third-order valence-corrected chi connectivity index (χ3v) is 7.12. The van der Waals surface area contributed by atoms with E-state index in [2.05, 4.69) is 46.7 Å². The van der Waals surface area contributed by atoms with Gasteiger partial charge in [0.1, 0.15) is 11.2 Å². The minimum Gasteiger partial charge on any atom is -1.00 e. The maximum atomic E-state index is 2.75. The molecule has 0 amide bonds. The second kappa shape index (κ2) is 7.03. The molecule has 2 nitrogen and oxygen atoms in total. The molecule has 132 valence electrons. The third kappa shape index (κ3) is 2.85. The molecule has 1 aromatic carbocycles. The van der Waals surface area contributed by atoms with Crippen molar-refractivity contribution >= 4 is 27.6 Å². The molecule has 2 aromatic rings. The molecule has 1 aromatic heterocycles. The van der Waals surface area contributed by atoms with E-state index in [9.17, 15) is 0 Å². The number of aromatic nitrogens is 1. The van der Waals surface area contributed by atoms with Crippen LogP contribution in [0.15, 0.2) is 41.1 Å². The molecule has 0 spiro atoms. The minimum atomic E-state index is 0. The van der Waals surface area contributed by atoms with E-state index in [1.54, 1.807) is 16.8 Å². The second-order valence-corrected chi connectivity index (χ2v) is 8.36. The zero-order valence-electron chi connectivity index (χ0n) is 14.8. The van der Waals surface area contributed by atoms with Gasteiger partial charge in [-0.1, -0.05) is 23.5 Å². The van der Waals surface area contributed by atoms with Gasteiger partial charge in [0.15, 0.2) is 0 Å². The van der Waals surface area contributed by atoms with Crippen LogP contribution >= 0.6 is 11.3 Å². The Morgan fingerprint density at radius 1 is 1.24 bits per heavy atom. The maximum Gasteiger partial charge on any atom is 0.263 e. The Bertz CT molecular complexity index is 864. The molecule has 4 heteroatoms. The molecule has 1 unspecified atom stereocenters. The minimum absolute atomic E-state index is 0. The Balaban J connectivity index is 0.00000157. The van der Waals surface area contributed by atoms with Gasteiger partial charge in [-0.05, 0) is 62.7 Å². The zero-order valence-corrected chi connectivity index (χ0v) is 17.8. The van der Waals surface area contributed by atoms with E-state index in [4.69, 9.17) is 0 Å². The number of thiazole rings is 1. The summed E-state index contributed by atoms with van der Waals surface area (Å²) in [5, 5.41) is 1.43. The van der Waals surface area contributed by atoms with Crippen molar-refractivity contribution in [3.8, 4) is 0 Å². The first-order chi connectivity index (χ1) is 11.8. The first-order valence-corrected chi connectivity index (χ1v) is 10.3. The van der Waals surface area contributed by atoms with E-state index in [0.717, 1.165) is 12.6 Å². The van der Waals surface area contributed by atoms with Gasteiger partial charge in [0, 0.05) is 30.4 Å². The molecule has 0 radical (unpaired) electrons. The number of halogens is 1. The highest BCUT2D eigenvalue weighted by atomic mass is 127. The normalized spacial score (nSPS) is 24.0. The molecule has 1 atom stereocenters. The Morgan fingerprint density at radius 2 is 2.12 bits per heavy atom.